The van der Waals surface area contributed by atoms with E-state index in [1.807, 2.05) is 13.8 Å². The molecule has 0 fully saturated rings. The minimum absolute atomic E-state index is 0.0544. The number of sulfonamides is 1. The lowest BCUT2D eigenvalue weighted by Gasteiger charge is -2.14. The molecule has 194 valence electrons. The zero-order valence-corrected chi connectivity index (χ0v) is 21.2. The number of hydrogen-bond donors (Lipinski definition) is 3. The quantitative estimate of drug-likeness (QED) is 0.388. The zero-order chi connectivity index (χ0) is 26.6. The van der Waals surface area contributed by atoms with Crippen LogP contribution in [0.5, 0.6) is 0 Å². The van der Waals surface area contributed by atoms with Crippen LogP contribution in [0.1, 0.15) is 26.8 Å². The first kappa shape index (κ1) is 26.8. The number of hydrogen-bond acceptors (Lipinski definition) is 8. The first-order valence-corrected chi connectivity index (χ1v) is 12.8. The molecule has 0 aliphatic heterocycles. The van der Waals surface area contributed by atoms with Crippen LogP contribution in [0, 0.1) is 11.6 Å². The molecule has 36 heavy (non-hydrogen) atoms. The summed E-state index contributed by atoms with van der Waals surface area (Å²) in [7, 11) is -2.55. The molecular weight excluding hydrogens is 496 g/mol. The van der Waals surface area contributed by atoms with E-state index in [9.17, 15) is 17.6 Å². The summed E-state index contributed by atoms with van der Waals surface area (Å²) in [4.78, 5) is 19.9. The molecule has 1 aromatic carbocycles. The number of anilines is 2. The number of benzene rings is 1. The number of nitrogens with one attached hydrogen (secondary N) is 3. The van der Waals surface area contributed by atoms with E-state index >= 15 is 4.39 Å². The van der Waals surface area contributed by atoms with Crippen molar-refractivity contribution in [1.29, 1.82) is 0 Å². The summed E-state index contributed by atoms with van der Waals surface area (Å²) in [6.07, 6.45) is 3.35. The van der Waals surface area contributed by atoms with Crippen molar-refractivity contribution < 1.29 is 26.7 Å². The van der Waals surface area contributed by atoms with Crippen molar-refractivity contribution in [1.82, 2.24) is 25.1 Å². The van der Waals surface area contributed by atoms with Gasteiger partial charge in [-0.05, 0) is 39.0 Å². The third-order valence-electron chi connectivity index (χ3n) is 4.93. The van der Waals surface area contributed by atoms with Crippen molar-refractivity contribution in [3.05, 3.63) is 42.2 Å². The highest BCUT2D eigenvalue weighted by molar-refractivity contribution is 7.92. The van der Waals surface area contributed by atoms with E-state index in [0.717, 1.165) is 18.4 Å². The standard InChI is InChI=1S/C22H27F2N7O4S/c1-12(2)31-11-14(16-8-9-25-21(28-16)26-10-13(3)27-22(32)35-4)20(29-31)18-15(23)6-7-17(19(18)24)30-36(5,33)34/h6-9,11-13,30H,10H2,1-5H3,(H,27,32)(H,25,26,28). The Labute approximate surface area is 207 Å². The molecule has 1 atom stereocenters. The van der Waals surface area contributed by atoms with Crippen LogP contribution in [0.15, 0.2) is 30.6 Å². The van der Waals surface area contributed by atoms with Gasteiger partial charge in [0.05, 0.1) is 30.3 Å². The molecule has 3 aromatic rings. The summed E-state index contributed by atoms with van der Waals surface area (Å²) in [6.45, 7) is 5.72. The monoisotopic (exact) mass is 523 g/mol. The maximum absolute atomic E-state index is 15.4. The van der Waals surface area contributed by atoms with Crippen molar-refractivity contribution in [2.24, 2.45) is 0 Å². The van der Waals surface area contributed by atoms with Gasteiger partial charge in [-0.2, -0.15) is 5.10 Å². The van der Waals surface area contributed by atoms with Crippen LogP contribution in [-0.2, 0) is 14.8 Å². The van der Waals surface area contributed by atoms with Crippen LogP contribution in [0.2, 0.25) is 0 Å². The van der Waals surface area contributed by atoms with Gasteiger partial charge >= 0.3 is 6.09 Å². The fourth-order valence-electron chi connectivity index (χ4n) is 3.23. The highest BCUT2D eigenvalue weighted by Crippen LogP contribution is 2.36. The number of alkyl carbamates (subject to hydrolysis) is 1. The Morgan fingerprint density at radius 1 is 1.19 bits per heavy atom. The van der Waals surface area contributed by atoms with E-state index < -0.39 is 39.0 Å². The smallest absolute Gasteiger partial charge is 0.407 e. The van der Waals surface area contributed by atoms with Crippen molar-refractivity contribution in [3.63, 3.8) is 0 Å². The summed E-state index contributed by atoms with van der Waals surface area (Å²) in [5.41, 5.74) is -0.327. The Kier molecular flexibility index (Phi) is 8.07. The van der Waals surface area contributed by atoms with Gasteiger partial charge in [-0.15, -0.1) is 0 Å². The van der Waals surface area contributed by atoms with Crippen LogP contribution >= 0.6 is 0 Å². The maximum atomic E-state index is 15.4. The van der Waals surface area contributed by atoms with Crippen LogP contribution in [0.3, 0.4) is 0 Å². The molecule has 2 aromatic heterocycles. The number of carbonyl (C=O) groups excluding carboxylic acids is 1. The van der Waals surface area contributed by atoms with E-state index in [1.54, 1.807) is 19.2 Å². The van der Waals surface area contributed by atoms with Crippen LogP contribution in [0.4, 0.5) is 25.2 Å². The maximum Gasteiger partial charge on any atom is 0.407 e. The molecule has 1 amide bonds. The molecule has 0 saturated carbocycles. The molecule has 0 spiro atoms. The zero-order valence-electron chi connectivity index (χ0n) is 20.3. The van der Waals surface area contributed by atoms with Gasteiger partial charge in [-0.1, -0.05) is 0 Å². The highest BCUT2D eigenvalue weighted by Gasteiger charge is 2.25. The Bertz CT molecular complexity index is 1360. The largest absolute Gasteiger partial charge is 0.453 e. The van der Waals surface area contributed by atoms with E-state index in [-0.39, 0.29) is 30.3 Å². The number of halogens is 2. The minimum atomic E-state index is -3.81. The SMILES string of the molecule is COC(=O)NC(C)CNc1nccc(-c2cn(C(C)C)nc2-c2c(F)ccc(NS(C)(=O)=O)c2F)n1. The Morgan fingerprint density at radius 3 is 2.56 bits per heavy atom. The van der Waals surface area contributed by atoms with Gasteiger partial charge in [0, 0.05) is 36.6 Å². The topological polar surface area (TPSA) is 140 Å². The Hall–Kier alpha value is -3.81. The van der Waals surface area contributed by atoms with Gasteiger partial charge in [0.25, 0.3) is 0 Å². The van der Waals surface area contributed by atoms with Gasteiger partial charge in [-0.25, -0.2) is 32.0 Å². The van der Waals surface area contributed by atoms with Crippen molar-refractivity contribution >= 4 is 27.8 Å². The molecule has 0 aliphatic carbocycles. The first-order chi connectivity index (χ1) is 16.9. The molecule has 14 heteroatoms. The number of ether oxygens (including phenoxy) is 1. The van der Waals surface area contributed by atoms with Crippen molar-refractivity contribution in [2.75, 3.05) is 29.9 Å². The Balaban J connectivity index is 2.04. The predicted molar refractivity (Wildman–Crippen MR) is 131 cm³/mol. The third-order valence-corrected chi connectivity index (χ3v) is 5.52. The lowest BCUT2D eigenvalue weighted by atomic mass is 10.0. The summed E-state index contributed by atoms with van der Waals surface area (Å²) in [6, 6.07) is 3.07. The molecule has 0 bridgehead atoms. The third kappa shape index (κ3) is 6.44. The average molecular weight is 524 g/mol. The molecule has 11 nitrogen and oxygen atoms in total. The fraction of sp³-hybridized carbons (Fsp3) is 0.364. The number of carbonyl (C=O) groups is 1. The van der Waals surface area contributed by atoms with Crippen molar-refractivity contribution in [3.8, 4) is 22.5 Å². The number of aromatic nitrogens is 4. The normalized spacial score (nSPS) is 12.3. The summed E-state index contributed by atoms with van der Waals surface area (Å²) in [5, 5.41) is 9.97. The fourth-order valence-corrected chi connectivity index (χ4v) is 3.78. The highest BCUT2D eigenvalue weighted by atomic mass is 32.2. The first-order valence-electron chi connectivity index (χ1n) is 10.9. The van der Waals surface area contributed by atoms with Gasteiger partial charge < -0.3 is 15.4 Å². The second kappa shape index (κ2) is 10.8. The molecule has 0 aliphatic rings. The molecule has 3 rings (SSSR count). The van der Waals surface area contributed by atoms with Gasteiger partial charge in [0.15, 0.2) is 5.82 Å². The lowest BCUT2D eigenvalue weighted by Crippen LogP contribution is -2.37. The van der Waals surface area contributed by atoms with Crippen LogP contribution in [0.25, 0.3) is 22.5 Å². The van der Waals surface area contributed by atoms with Crippen LogP contribution < -0.4 is 15.4 Å². The van der Waals surface area contributed by atoms with Gasteiger partial charge in [-0.3, -0.25) is 9.40 Å². The summed E-state index contributed by atoms with van der Waals surface area (Å²) < 4.78 is 61.7. The molecule has 2 heterocycles. The molecule has 0 radical (unpaired) electrons. The van der Waals surface area contributed by atoms with E-state index in [1.165, 1.54) is 18.0 Å². The second-order valence-corrected chi connectivity index (χ2v) is 10.1. The minimum Gasteiger partial charge on any atom is -0.453 e. The van der Waals surface area contributed by atoms with Crippen LogP contribution in [-0.4, -0.2) is 60.2 Å². The lowest BCUT2D eigenvalue weighted by molar-refractivity contribution is 0.168. The van der Waals surface area contributed by atoms with Crippen molar-refractivity contribution in [2.45, 2.75) is 32.9 Å². The number of rotatable bonds is 9. The predicted octanol–water partition coefficient (Wildman–Crippen LogP) is 3.39. The van der Waals surface area contributed by atoms with E-state index in [2.05, 4.69) is 35.2 Å². The number of methoxy groups -OCH3 is 1. The van der Waals surface area contributed by atoms with E-state index in [0.29, 0.717) is 11.3 Å². The molecule has 0 saturated heterocycles. The molecular formula is C22H27F2N7O4S. The van der Waals surface area contributed by atoms with E-state index in [4.69, 9.17) is 0 Å². The summed E-state index contributed by atoms with van der Waals surface area (Å²) >= 11 is 0. The Morgan fingerprint density at radius 2 is 1.92 bits per heavy atom. The molecule has 3 N–H and O–H groups in total. The second-order valence-electron chi connectivity index (χ2n) is 8.31. The molecule has 1 unspecified atom stereocenters. The number of nitrogens with zero attached hydrogens (tertiary/aromatic N) is 4. The number of amides is 1. The summed E-state index contributed by atoms with van der Waals surface area (Å²) in [5.74, 6) is -1.81. The van der Waals surface area contributed by atoms with Gasteiger partial charge in [0.2, 0.25) is 16.0 Å². The van der Waals surface area contributed by atoms with Gasteiger partial charge in [0.1, 0.15) is 11.5 Å². The average Bonchev–Trinajstić information content (AvgIpc) is 3.24.